The molecule has 4 saturated carbocycles. The van der Waals surface area contributed by atoms with Gasteiger partial charge in [0.05, 0.1) is 17.7 Å². The number of halogens is 3. The van der Waals surface area contributed by atoms with E-state index in [2.05, 4.69) is 36.7 Å². The van der Waals surface area contributed by atoms with Crippen LogP contribution in [-0.2, 0) is 23.9 Å². The van der Waals surface area contributed by atoms with Gasteiger partial charge in [0.2, 0.25) is 0 Å². The summed E-state index contributed by atoms with van der Waals surface area (Å²) in [7, 11) is 0. The van der Waals surface area contributed by atoms with Gasteiger partial charge in [0.1, 0.15) is 11.9 Å². The summed E-state index contributed by atoms with van der Waals surface area (Å²) in [5.41, 5.74) is 0.727. The molecule has 0 unspecified atom stereocenters. The normalized spacial score (nSPS) is 43.3. The molecule has 5 nitrogen and oxygen atoms in total. The predicted molar refractivity (Wildman–Crippen MR) is 162 cm³/mol. The molecule has 1 heterocycles. The van der Waals surface area contributed by atoms with Gasteiger partial charge in [0.25, 0.3) is 0 Å². The Hall–Kier alpha value is -0.590. The van der Waals surface area contributed by atoms with E-state index in [9.17, 15) is 14.4 Å². The number of Topliss-reactive ketones (excluding diaryl/α,β-unsaturated/α-hetero) is 2. The molecule has 0 aromatic rings. The van der Waals surface area contributed by atoms with Crippen LogP contribution in [0.3, 0.4) is 0 Å². The van der Waals surface area contributed by atoms with Crippen LogP contribution >= 0.6 is 39.1 Å². The lowest BCUT2D eigenvalue weighted by atomic mass is 9.44. The number of esters is 1. The zero-order chi connectivity index (χ0) is 29.6. The molecule has 0 saturated heterocycles. The molecule has 8 heteroatoms. The van der Waals surface area contributed by atoms with Crippen molar-refractivity contribution >= 4 is 56.7 Å². The summed E-state index contributed by atoms with van der Waals surface area (Å²) in [5, 5.41) is 0.194. The summed E-state index contributed by atoms with van der Waals surface area (Å²) in [6.07, 6.45) is 7.17. The molecule has 4 fully saturated rings. The Bertz CT molecular complexity index is 1030. The lowest BCUT2D eigenvalue weighted by molar-refractivity contribution is -0.156. The Morgan fingerprint density at radius 2 is 1.75 bits per heavy atom. The van der Waals surface area contributed by atoms with Crippen molar-refractivity contribution in [3.05, 3.63) is 11.3 Å². The number of hydrogen-bond acceptors (Lipinski definition) is 5. The van der Waals surface area contributed by atoms with Gasteiger partial charge in [-0.1, -0.05) is 43.6 Å². The maximum Gasteiger partial charge on any atom is 0.302 e. The molecule has 0 bridgehead atoms. The van der Waals surface area contributed by atoms with E-state index >= 15 is 0 Å². The van der Waals surface area contributed by atoms with E-state index in [1.54, 1.807) is 0 Å². The number of carbonyl (C=O) groups is 3. The monoisotopic (exact) mass is 660 g/mol. The zero-order valence-electron chi connectivity index (χ0n) is 24.9. The van der Waals surface area contributed by atoms with Crippen LogP contribution in [0.15, 0.2) is 11.3 Å². The van der Waals surface area contributed by atoms with Gasteiger partial charge in [-0.2, -0.15) is 0 Å². The average Bonchev–Trinajstić information content (AvgIpc) is 3.17. The molecule has 11 atom stereocenters. The van der Waals surface area contributed by atoms with Gasteiger partial charge in [-0.3, -0.25) is 14.4 Å². The van der Waals surface area contributed by atoms with E-state index < -0.39 is 0 Å². The van der Waals surface area contributed by atoms with Crippen molar-refractivity contribution in [1.29, 1.82) is 0 Å². The van der Waals surface area contributed by atoms with E-state index in [1.165, 1.54) is 6.92 Å². The highest BCUT2D eigenvalue weighted by Crippen LogP contribution is 2.68. The number of allylic oxidation sites excluding steroid dienone is 2. The summed E-state index contributed by atoms with van der Waals surface area (Å²) in [6, 6.07) is 0. The van der Waals surface area contributed by atoms with E-state index in [-0.39, 0.29) is 57.7 Å². The Morgan fingerprint density at radius 3 is 2.40 bits per heavy atom. The van der Waals surface area contributed by atoms with Gasteiger partial charge in [-0.15, -0.1) is 23.2 Å². The average molecular weight is 663 g/mol. The first kappa shape index (κ1) is 32.3. The molecular formula is C32H47BrCl2O5. The molecule has 226 valence electrons. The van der Waals surface area contributed by atoms with Crippen molar-refractivity contribution in [2.75, 3.05) is 11.9 Å². The summed E-state index contributed by atoms with van der Waals surface area (Å²) in [4.78, 5) is 40.3. The first-order valence-electron chi connectivity index (χ1n) is 15.1. The highest BCUT2D eigenvalue weighted by Gasteiger charge is 2.65. The lowest BCUT2D eigenvalue weighted by Gasteiger charge is -2.60. The van der Waals surface area contributed by atoms with Gasteiger partial charge in [-0.05, 0) is 86.4 Å². The molecule has 0 spiro atoms. The second-order valence-corrected chi connectivity index (χ2v) is 15.9. The standard InChI is InChI=1S/C31H45BrO5.CH2Cl2/c1-16-11-21(18(3)36-15-16)29(35)17(2)28-27(37-19(4)33)14-24-22-13-26(34)25-12-20(32)7-9-30(25,5)23(22)8-10-31(24,28)6;2-1-3/h16-17,20,22-25,27-28H,7-15H2,1-6H3;1H2/t16-,17+,20+,22-,23+,24+,25-,27+,28+,30-,31+;/m1./s1. The largest absolute Gasteiger partial charge is 0.498 e. The minimum atomic E-state index is -0.285. The zero-order valence-corrected chi connectivity index (χ0v) is 28.0. The predicted octanol–water partition coefficient (Wildman–Crippen LogP) is 8.09. The van der Waals surface area contributed by atoms with Crippen molar-refractivity contribution in [2.24, 2.45) is 52.3 Å². The fraction of sp³-hybridized carbons (Fsp3) is 0.844. The van der Waals surface area contributed by atoms with Crippen LogP contribution in [0.25, 0.3) is 0 Å². The smallest absolute Gasteiger partial charge is 0.302 e. The van der Waals surface area contributed by atoms with Crippen molar-refractivity contribution in [1.82, 2.24) is 0 Å². The minimum absolute atomic E-state index is 0.0497. The van der Waals surface area contributed by atoms with Crippen molar-refractivity contribution in [2.45, 2.75) is 104 Å². The molecule has 0 aromatic heterocycles. The summed E-state index contributed by atoms with van der Waals surface area (Å²) in [5.74, 6) is 2.34. The maximum atomic E-state index is 14.0. The second-order valence-electron chi connectivity index (χ2n) is 13.8. The van der Waals surface area contributed by atoms with Crippen LogP contribution in [0, 0.1) is 52.3 Å². The highest BCUT2D eigenvalue weighted by atomic mass is 79.9. The SMILES string of the molecule is CC(=O)O[C@H]1C[C@H]2[C@@H]3CC(=O)[C@H]4C[C@@H](Br)CC[C@]4(C)[C@H]3CC[C@]2(C)[C@H]1[C@H](C)C(=O)C1=C(C)OC[C@H](C)C1.ClCCl. The van der Waals surface area contributed by atoms with Crippen LogP contribution in [0.2, 0.25) is 0 Å². The molecule has 4 aliphatic carbocycles. The Balaban J connectivity index is 0.00000118. The molecular weight excluding hydrogens is 615 g/mol. The Morgan fingerprint density at radius 1 is 1.10 bits per heavy atom. The molecule has 0 radical (unpaired) electrons. The van der Waals surface area contributed by atoms with Gasteiger partial charge in [0, 0.05) is 41.5 Å². The summed E-state index contributed by atoms with van der Waals surface area (Å²) >= 11 is 13.3. The van der Waals surface area contributed by atoms with E-state index in [0.29, 0.717) is 41.4 Å². The first-order chi connectivity index (χ1) is 18.8. The van der Waals surface area contributed by atoms with E-state index in [1.807, 2.05) is 13.8 Å². The topological polar surface area (TPSA) is 69.7 Å². The van der Waals surface area contributed by atoms with Gasteiger partial charge in [-0.25, -0.2) is 0 Å². The van der Waals surface area contributed by atoms with Crippen LogP contribution in [0.4, 0.5) is 0 Å². The lowest BCUT2D eigenvalue weighted by Crippen LogP contribution is -2.57. The third-order valence-corrected chi connectivity index (χ3v) is 12.4. The van der Waals surface area contributed by atoms with Crippen LogP contribution in [0.1, 0.15) is 92.9 Å². The quantitative estimate of drug-likeness (QED) is 0.225. The number of rotatable bonds is 4. The number of hydrogen-bond donors (Lipinski definition) is 0. The number of carbonyl (C=O) groups excluding carboxylic acids is 3. The van der Waals surface area contributed by atoms with Gasteiger partial charge in [0.15, 0.2) is 5.78 Å². The molecule has 0 N–H and O–H groups in total. The first-order valence-corrected chi connectivity index (χ1v) is 17.1. The van der Waals surface area contributed by atoms with Gasteiger partial charge >= 0.3 is 5.97 Å². The highest BCUT2D eigenvalue weighted by molar-refractivity contribution is 9.09. The summed E-state index contributed by atoms with van der Waals surface area (Å²) < 4.78 is 11.9. The third kappa shape index (κ3) is 5.81. The fourth-order valence-electron chi connectivity index (χ4n) is 9.87. The van der Waals surface area contributed by atoms with Crippen LogP contribution in [0.5, 0.6) is 0 Å². The molecule has 0 aromatic carbocycles. The molecule has 40 heavy (non-hydrogen) atoms. The van der Waals surface area contributed by atoms with E-state index in [4.69, 9.17) is 32.7 Å². The molecule has 0 amide bonds. The Labute approximate surface area is 259 Å². The van der Waals surface area contributed by atoms with Crippen molar-refractivity contribution in [3.8, 4) is 0 Å². The molecule has 5 aliphatic rings. The van der Waals surface area contributed by atoms with Crippen LogP contribution in [-0.4, -0.2) is 40.4 Å². The number of alkyl halides is 3. The Kier molecular flexibility index (Phi) is 10.2. The van der Waals surface area contributed by atoms with Gasteiger partial charge < -0.3 is 9.47 Å². The number of ether oxygens (including phenoxy) is 2. The van der Waals surface area contributed by atoms with Crippen LogP contribution < -0.4 is 0 Å². The molecule has 1 aliphatic heterocycles. The van der Waals surface area contributed by atoms with E-state index in [0.717, 1.165) is 56.3 Å². The maximum absolute atomic E-state index is 14.0. The minimum Gasteiger partial charge on any atom is -0.498 e. The summed E-state index contributed by atoms with van der Waals surface area (Å²) in [6.45, 7) is 12.9. The number of ketones is 2. The van der Waals surface area contributed by atoms with Crippen molar-refractivity contribution in [3.63, 3.8) is 0 Å². The number of fused-ring (bicyclic) bond motifs is 5. The fourth-order valence-corrected chi connectivity index (χ4v) is 10.5. The second kappa shape index (κ2) is 12.6. The van der Waals surface area contributed by atoms with Crippen molar-refractivity contribution < 1.29 is 23.9 Å². The molecule has 5 rings (SSSR count). The third-order valence-electron chi connectivity index (χ3n) is 11.6.